The minimum Gasteiger partial charge on any atom is -0.367 e. The van der Waals surface area contributed by atoms with Crippen molar-refractivity contribution in [2.75, 3.05) is 49.2 Å². The van der Waals surface area contributed by atoms with Crippen LogP contribution >= 0.6 is 0 Å². The lowest BCUT2D eigenvalue weighted by Gasteiger charge is -2.36. The number of amides is 1. The Morgan fingerprint density at radius 3 is 2.40 bits per heavy atom. The highest BCUT2D eigenvalue weighted by molar-refractivity contribution is 7.90. The number of para-hydroxylation sites is 2. The number of carbonyl (C=O) groups is 1. The Kier molecular flexibility index (Phi) is 6.37. The number of piperazine rings is 1. The average Bonchev–Trinajstić information content (AvgIpc) is 2.73. The fourth-order valence-electron chi connectivity index (χ4n) is 3.39. The molecule has 1 saturated heterocycles. The summed E-state index contributed by atoms with van der Waals surface area (Å²) in [5.74, 6) is -0.608. The van der Waals surface area contributed by atoms with Gasteiger partial charge in [0, 0.05) is 50.1 Å². The lowest BCUT2D eigenvalue weighted by atomic mass is 10.1. The Balaban J connectivity index is 1.89. The van der Waals surface area contributed by atoms with Crippen molar-refractivity contribution in [3.05, 3.63) is 58.1 Å². The quantitative estimate of drug-likeness (QED) is 0.551. The summed E-state index contributed by atoms with van der Waals surface area (Å²) in [4.78, 5) is 27.6. The first-order chi connectivity index (χ1) is 14.2. The van der Waals surface area contributed by atoms with Gasteiger partial charge in [-0.2, -0.15) is 0 Å². The minimum absolute atomic E-state index is 0.0877. The first kappa shape index (κ1) is 21.7. The first-order valence-electron chi connectivity index (χ1n) is 9.56. The third kappa shape index (κ3) is 4.95. The number of anilines is 2. The molecule has 1 heterocycles. The van der Waals surface area contributed by atoms with Crippen molar-refractivity contribution in [1.29, 1.82) is 0 Å². The number of hydrogen-bond acceptors (Lipinski definition) is 7. The smallest absolute Gasteiger partial charge is 0.271 e. The van der Waals surface area contributed by atoms with Gasteiger partial charge in [0.05, 0.1) is 21.2 Å². The van der Waals surface area contributed by atoms with Crippen molar-refractivity contribution >= 4 is 32.8 Å². The van der Waals surface area contributed by atoms with Gasteiger partial charge in [0.15, 0.2) is 9.84 Å². The lowest BCUT2D eigenvalue weighted by molar-refractivity contribution is -0.385. The molecule has 2 aromatic rings. The van der Waals surface area contributed by atoms with Crippen LogP contribution in [-0.4, -0.2) is 63.1 Å². The van der Waals surface area contributed by atoms with Crippen molar-refractivity contribution in [3.8, 4) is 0 Å². The largest absolute Gasteiger partial charge is 0.367 e. The van der Waals surface area contributed by atoms with Crippen LogP contribution in [0.5, 0.6) is 0 Å². The number of nitro benzene ring substituents is 1. The third-order valence-corrected chi connectivity index (χ3v) is 6.20. The van der Waals surface area contributed by atoms with E-state index < -0.39 is 26.4 Å². The van der Waals surface area contributed by atoms with Crippen LogP contribution < -0.4 is 10.2 Å². The minimum atomic E-state index is -3.72. The number of rotatable bonds is 6. The number of non-ortho nitro benzene ring substituents is 1. The number of nitrogens with one attached hydrogen (secondary N) is 1. The maximum Gasteiger partial charge on any atom is 0.271 e. The van der Waals surface area contributed by atoms with E-state index in [1.807, 2.05) is 12.1 Å². The predicted octanol–water partition coefficient (Wildman–Crippen LogP) is 2.39. The summed E-state index contributed by atoms with van der Waals surface area (Å²) in [6.07, 6.45) is 0.943. The summed E-state index contributed by atoms with van der Waals surface area (Å²) in [6.45, 7) is 6.57. The summed E-state index contributed by atoms with van der Waals surface area (Å²) in [7, 11) is -3.72. The molecule has 0 aromatic heterocycles. The van der Waals surface area contributed by atoms with E-state index in [2.05, 4.69) is 22.0 Å². The molecule has 0 aliphatic carbocycles. The monoisotopic (exact) mass is 432 g/mol. The van der Waals surface area contributed by atoms with E-state index in [9.17, 15) is 23.3 Å². The van der Waals surface area contributed by atoms with Gasteiger partial charge < -0.3 is 15.1 Å². The summed E-state index contributed by atoms with van der Waals surface area (Å²) in [6, 6.07) is 10.5. The Morgan fingerprint density at radius 1 is 1.13 bits per heavy atom. The molecule has 0 atom stereocenters. The fraction of sp³-hybridized carbons (Fsp3) is 0.350. The van der Waals surface area contributed by atoms with E-state index in [0.717, 1.165) is 62.9 Å². The molecule has 0 saturated carbocycles. The Labute approximate surface area is 175 Å². The standard InChI is InChI=1S/C20H24N4O5S/c1-3-22-8-10-23(11-9-22)19-7-5-4-6-18(19)21-20(25)15-12-16(24(26)27)14-17(13-15)30(2,28)29/h4-7,12-14H,3,8-11H2,1-2H3,(H,21,25). The first-order valence-corrected chi connectivity index (χ1v) is 11.5. The molecule has 1 N–H and O–H groups in total. The molecule has 1 fully saturated rings. The molecule has 160 valence electrons. The zero-order chi connectivity index (χ0) is 21.9. The molecule has 0 spiro atoms. The van der Waals surface area contributed by atoms with E-state index in [4.69, 9.17) is 0 Å². The summed E-state index contributed by atoms with van der Waals surface area (Å²) >= 11 is 0. The van der Waals surface area contributed by atoms with Crippen LogP contribution in [-0.2, 0) is 9.84 Å². The van der Waals surface area contributed by atoms with Crippen molar-refractivity contribution in [2.45, 2.75) is 11.8 Å². The highest BCUT2D eigenvalue weighted by atomic mass is 32.2. The molecule has 3 rings (SSSR count). The number of nitro groups is 1. The Hall–Kier alpha value is -2.98. The normalized spacial score (nSPS) is 15.1. The van der Waals surface area contributed by atoms with Crippen LogP contribution in [0.2, 0.25) is 0 Å². The van der Waals surface area contributed by atoms with Gasteiger partial charge >= 0.3 is 0 Å². The highest BCUT2D eigenvalue weighted by Gasteiger charge is 2.22. The van der Waals surface area contributed by atoms with Gasteiger partial charge in [0.1, 0.15) is 0 Å². The molecule has 1 amide bonds. The maximum atomic E-state index is 12.8. The molecular weight excluding hydrogens is 408 g/mol. The SMILES string of the molecule is CCN1CCN(c2ccccc2NC(=O)c2cc([N+](=O)[O-])cc(S(C)(=O)=O)c2)CC1. The zero-order valence-corrected chi connectivity index (χ0v) is 17.7. The van der Waals surface area contributed by atoms with Crippen LogP contribution in [0.1, 0.15) is 17.3 Å². The molecule has 2 aromatic carbocycles. The second-order valence-electron chi connectivity index (χ2n) is 7.14. The number of likely N-dealkylation sites (N-methyl/N-ethyl adjacent to an activating group) is 1. The van der Waals surface area contributed by atoms with Crippen LogP contribution in [0.15, 0.2) is 47.4 Å². The topological polar surface area (TPSA) is 113 Å². The average molecular weight is 433 g/mol. The van der Waals surface area contributed by atoms with Crippen molar-refractivity contribution in [2.24, 2.45) is 0 Å². The second kappa shape index (κ2) is 8.80. The zero-order valence-electron chi connectivity index (χ0n) is 16.9. The number of nitrogens with zero attached hydrogens (tertiary/aromatic N) is 3. The molecule has 1 aliphatic rings. The lowest BCUT2D eigenvalue weighted by Crippen LogP contribution is -2.46. The molecule has 1 aliphatic heterocycles. The molecule has 10 heteroatoms. The van der Waals surface area contributed by atoms with E-state index >= 15 is 0 Å². The molecule has 0 unspecified atom stereocenters. The van der Waals surface area contributed by atoms with Crippen LogP contribution in [0.4, 0.5) is 17.1 Å². The highest BCUT2D eigenvalue weighted by Crippen LogP contribution is 2.28. The molecule has 30 heavy (non-hydrogen) atoms. The molecule has 0 bridgehead atoms. The van der Waals surface area contributed by atoms with Gasteiger partial charge in [-0.05, 0) is 24.7 Å². The summed E-state index contributed by atoms with van der Waals surface area (Å²) < 4.78 is 23.8. The van der Waals surface area contributed by atoms with Crippen LogP contribution in [0, 0.1) is 10.1 Å². The number of hydrogen-bond donors (Lipinski definition) is 1. The van der Waals surface area contributed by atoms with E-state index in [0.29, 0.717) is 5.69 Å². The van der Waals surface area contributed by atoms with Crippen molar-refractivity contribution in [3.63, 3.8) is 0 Å². The van der Waals surface area contributed by atoms with E-state index in [1.165, 1.54) is 0 Å². The van der Waals surface area contributed by atoms with E-state index in [1.54, 1.807) is 12.1 Å². The molecule has 9 nitrogen and oxygen atoms in total. The Bertz CT molecular complexity index is 1060. The van der Waals surface area contributed by atoms with E-state index in [-0.39, 0.29) is 10.5 Å². The van der Waals surface area contributed by atoms with Gasteiger partial charge in [-0.15, -0.1) is 0 Å². The van der Waals surface area contributed by atoms with Crippen LogP contribution in [0.25, 0.3) is 0 Å². The van der Waals surface area contributed by atoms with Crippen molar-refractivity contribution < 1.29 is 18.1 Å². The molecule has 0 radical (unpaired) electrons. The fourth-order valence-corrected chi connectivity index (χ4v) is 4.06. The van der Waals surface area contributed by atoms with Crippen molar-refractivity contribution in [1.82, 2.24) is 4.90 Å². The number of benzene rings is 2. The van der Waals surface area contributed by atoms with Crippen LogP contribution in [0.3, 0.4) is 0 Å². The van der Waals surface area contributed by atoms with Gasteiger partial charge in [0.25, 0.3) is 11.6 Å². The maximum absolute atomic E-state index is 12.8. The number of sulfone groups is 1. The van der Waals surface area contributed by atoms with Gasteiger partial charge in [-0.25, -0.2) is 8.42 Å². The number of carbonyl (C=O) groups excluding carboxylic acids is 1. The third-order valence-electron chi connectivity index (χ3n) is 5.10. The summed E-state index contributed by atoms with van der Waals surface area (Å²) in [5.41, 5.74) is 0.887. The predicted molar refractivity (Wildman–Crippen MR) is 115 cm³/mol. The second-order valence-corrected chi connectivity index (χ2v) is 9.15. The summed E-state index contributed by atoms with van der Waals surface area (Å²) in [5, 5.41) is 14.0. The van der Waals surface area contributed by atoms with Gasteiger partial charge in [-0.3, -0.25) is 14.9 Å². The molecular formula is C20H24N4O5S. The van der Waals surface area contributed by atoms with Gasteiger partial charge in [0.2, 0.25) is 0 Å². The van der Waals surface area contributed by atoms with Gasteiger partial charge in [-0.1, -0.05) is 19.1 Å². The Morgan fingerprint density at radius 2 is 1.80 bits per heavy atom.